The number of benzene rings is 1. The SMILES string of the molecule is CC1(c2cccc([N+](=O)[O-])c2)NC(=O)N(CC(=O)N2CCN(C(=O)c3cccs3)CC2)C1=O. The van der Waals surface area contributed by atoms with Crippen LogP contribution >= 0.6 is 11.3 Å². The molecule has 0 aliphatic carbocycles. The fraction of sp³-hybridized carbons (Fsp3) is 0.333. The number of rotatable bonds is 5. The fourth-order valence-electron chi connectivity index (χ4n) is 3.92. The molecule has 4 rings (SSSR count). The van der Waals surface area contributed by atoms with Crippen LogP contribution in [0.4, 0.5) is 10.5 Å². The summed E-state index contributed by atoms with van der Waals surface area (Å²) in [6.07, 6.45) is 0. The van der Waals surface area contributed by atoms with E-state index in [4.69, 9.17) is 0 Å². The number of non-ortho nitro benzene ring substituents is 1. The zero-order valence-electron chi connectivity index (χ0n) is 17.7. The lowest BCUT2D eigenvalue weighted by Crippen LogP contribution is -2.53. The molecule has 12 heteroatoms. The first kappa shape index (κ1) is 22.4. The number of imide groups is 1. The molecule has 0 bridgehead atoms. The maximum absolute atomic E-state index is 13.1. The molecule has 1 aromatic carbocycles. The summed E-state index contributed by atoms with van der Waals surface area (Å²) < 4.78 is 0. The van der Waals surface area contributed by atoms with E-state index in [-0.39, 0.29) is 17.2 Å². The molecule has 2 fully saturated rings. The van der Waals surface area contributed by atoms with Gasteiger partial charge in [0.2, 0.25) is 5.91 Å². The highest BCUT2D eigenvalue weighted by Crippen LogP contribution is 2.31. The highest BCUT2D eigenvalue weighted by Gasteiger charge is 2.50. The average Bonchev–Trinajstić information content (AvgIpc) is 3.42. The summed E-state index contributed by atoms with van der Waals surface area (Å²) in [6, 6.07) is 8.28. The van der Waals surface area contributed by atoms with Crippen LogP contribution in [0.25, 0.3) is 0 Å². The fourth-order valence-corrected chi connectivity index (χ4v) is 4.61. The van der Waals surface area contributed by atoms with Gasteiger partial charge in [0.05, 0.1) is 9.80 Å². The predicted octanol–water partition coefficient (Wildman–Crippen LogP) is 1.41. The Morgan fingerprint density at radius 2 is 1.82 bits per heavy atom. The second-order valence-electron chi connectivity index (χ2n) is 7.90. The quantitative estimate of drug-likeness (QED) is 0.398. The van der Waals surface area contributed by atoms with E-state index in [1.165, 1.54) is 47.4 Å². The maximum atomic E-state index is 13.1. The molecule has 0 spiro atoms. The molecule has 0 saturated carbocycles. The summed E-state index contributed by atoms with van der Waals surface area (Å²) in [5, 5.41) is 15.5. The molecule has 2 aliphatic rings. The number of thiophene rings is 1. The number of nitro benzene ring substituents is 1. The number of amides is 5. The van der Waals surface area contributed by atoms with Crippen molar-refractivity contribution in [3.05, 3.63) is 62.3 Å². The second-order valence-corrected chi connectivity index (χ2v) is 8.85. The maximum Gasteiger partial charge on any atom is 0.325 e. The molecule has 2 saturated heterocycles. The summed E-state index contributed by atoms with van der Waals surface area (Å²) in [6.45, 7) is 2.30. The third kappa shape index (κ3) is 4.16. The van der Waals surface area contributed by atoms with Crippen LogP contribution in [-0.2, 0) is 15.1 Å². The van der Waals surface area contributed by atoms with E-state index in [9.17, 15) is 29.3 Å². The van der Waals surface area contributed by atoms with E-state index >= 15 is 0 Å². The molecule has 1 atom stereocenters. The Hall–Kier alpha value is -3.80. The van der Waals surface area contributed by atoms with Crippen LogP contribution in [0.15, 0.2) is 41.8 Å². The number of nitrogens with one attached hydrogen (secondary N) is 1. The van der Waals surface area contributed by atoms with Crippen molar-refractivity contribution in [1.29, 1.82) is 0 Å². The molecule has 3 heterocycles. The standard InChI is InChI=1S/C21H21N5O6S/c1-21(14-4-2-5-15(12-14)26(31)32)19(29)25(20(30)22-21)13-17(27)23-7-9-24(10-8-23)18(28)16-6-3-11-33-16/h2-6,11-12H,7-10,13H2,1H3,(H,22,30). The first-order valence-corrected chi connectivity index (χ1v) is 11.1. The van der Waals surface area contributed by atoms with Crippen molar-refractivity contribution < 1.29 is 24.1 Å². The van der Waals surface area contributed by atoms with Crippen LogP contribution in [0.5, 0.6) is 0 Å². The molecule has 33 heavy (non-hydrogen) atoms. The minimum atomic E-state index is -1.52. The third-order valence-electron chi connectivity index (χ3n) is 5.85. The molecule has 1 N–H and O–H groups in total. The third-order valence-corrected chi connectivity index (χ3v) is 6.71. The van der Waals surface area contributed by atoms with Crippen molar-refractivity contribution in [2.75, 3.05) is 32.7 Å². The van der Waals surface area contributed by atoms with Crippen molar-refractivity contribution in [1.82, 2.24) is 20.0 Å². The minimum Gasteiger partial charge on any atom is -0.338 e. The number of nitro groups is 1. The normalized spacial score (nSPS) is 20.7. The smallest absolute Gasteiger partial charge is 0.325 e. The van der Waals surface area contributed by atoms with Gasteiger partial charge < -0.3 is 15.1 Å². The van der Waals surface area contributed by atoms with Gasteiger partial charge in [0.15, 0.2) is 0 Å². The Bertz CT molecular complexity index is 1130. The van der Waals surface area contributed by atoms with Crippen LogP contribution in [0.2, 0.25) is 0 Å². The highest BCUT2D eigenvalue weighted by atomic mass is 32.1. The number of piperazine rings is 1. The Labute approximate surface area is 192 Å². The van der Waals surface area contributed by atoms with Crippen molar-refractivity contribution in [2.24, 2.45) is 0 Å². The van der Waals surface area contributed by atoms with Gasteiger partial charge in [-0.25, -0.2) is 4.79 Å². The average molecular weight is 471 g/mol. The minimum absolute atomic E-state index is 0.0843. The van der Waals surface area contributed by atoms with Crippen LogP contribution in [-0.4, -0.2) is 76.1 Å². The van der Waals surface area contributed by atoms with Crippen molar-refractivity contribution >= 4 is 40.8 Å². The first-order valence-electron chi connectivity index (χ1n) is 10.2. The van der Waals surface area contributed by atoms with Crippen LogP contribution in [0, 0.1) is 10.1 Å². The molecular formula is C21H21N5O6S. The monoisotopic (exact) mass is 471 g/mol. The van der Waals surface area contributed by atoms with E-state index in [0.29, 0.717) is 31.1 Å². The van der Waals surface area contributed by atoms with Crippen molar-refractivity contribution in [3.8, 4) is 0 Å². The summed E-state index contributed by atoms with van der Waals surface area (Å²) in [4.78, 5) is 66.0. The van der Waals surface area contributed by atoms with Gasteiger partial charge >= 0.3 is 6.03 Å². The summed E-state index contributed by atoms with van der Waals surface area (Å²) in [5.74, 6) is -1.16. The first-order chi connectivity index (χ1) is 15.7. The Kier molecular flexibility index (Phi) is 5.85. The molecule has 2 aromatic rings. The van der Waals surface area contributed by atoms with Gasteiger partial charge in [-0.3, -0.25) is 29.4 Å². The molecule has 1 unspecified atom stereocenters. The Balaban J connectivity index is 1.40. The molecule has 5 amide bonds. The predicted molar refractivity (Wildman–Crippen MR) is 117 cm³/mol. The van der Waals surface area contributed by atoms with E-state index in [0.717, 1.165) is 4.90 Å². The summed E-state index contributed by atoms with van der Waals surface area (Å²) >= 11 is 1.36. The van der Waals surface area contributed by atoms with Crippen LogP contribution in [0.3, 0.4) is 0 Å². The van der Waals surface area contributed by atoms with E-state index in [2.05, 4.69) is 5.32 Å². The Morgan fingerprint density at radius 3 is 2.45 bits per heavy atom. The van der Waals surface area contributed by atoms with E-state index in [1.54, 1.807) is 17.0 Å². The topological polar surface area (TPSA) is 133 Å². The molecule has 1 aromatic heterocycles. The number of carbonyl (C=O) groups excluding carboxylic acids is 4. The van der Waals surface area contributed by atoms with Gasteiger partial charge in [0, 0.05) is 38.3 Å². The molecule has 11 nitrogen and oxygen atoms in total. The van der Waals surface area contributed by atoms with Gasteiger partial charge in [-0.15, -0.1) is 11.3 Å². The number of hydrogen-bond donors (Lipinski definition) is 1. The lowest BCUT2D eigenvalue weighted by atomic mass is 9.91. The van der Waals surface area contributed by atoms with Gasteiger partial charge in [-0.2, -0.15) is 0 Å². The molecular weight excluding hydrogens is 450 g/mol. The van der Waals surface area contributed by atoms with Gasteiger partial charge in [0.25, 0.3) is 17.5 Å². The van der Waals surface area contributed by atoms with E-state index < -0.39 is 34.9 Å². The molecule has 2 aliphatic heterocycles. The number of carbonyl (C=O) groups is 4. The number of hydrogen-bond acceptors (Lipinski definition) is 7. The summed E-state index contributed by atoms with van der Waals surface area (Å²) in [5.41, 5.74) is -1.47. The number of urea groups is 1. The van der Waals surface area contributed by atoms with Gasteiger partial charge in [-0.1, -0.05) is 18.2 Å². The molecule has 172 valence electrons. The summed E-state index contributed by atoms with van der Waals surface area (Å²) in [7, 11) is 0. The Morgan fingerprint density at radius 1 is 1.12 bits per heavy atom. The van der Waals surface area contributed by atoms with E-state index in [1.807, 2.05) is 5.38 Å². The van der Waals surface area contributed by atoms with Crippen LogP contribution in [0.1, 0.15) is 22.2 Å². The van der Waals surface area contributed by atoms with Gasteiger partial charge in [0.1, 0.15) is 12.1 Å². The zero-order valence-corrected chi connectivity index (χ0v) is 18.5. The van der Waals surface area contributed by atoms with Crippen molar-refractivity contribution in [3.63, 3.8) is 0 Å². The van der Waals surface area contributed by atoms with Gasteiger partial charge in [-0.05, 0) is 23.9 Å². The van der Waals surface area contributed by atoms with Crippen LogP contribution < -0.4 is 5.32 Å². The second kappa shape index (κ2) is 8.62. The molecule has 0 radical (unpaired) electrons. The number of nitrogens with zero attached hydrogens (tertiary/aromatic N) is 4. The lowest BCUT2D eigenvalue weighted by molar-refractivity contribution is -0.385. The lowest BCUT2D eigenvalue weighted by Gasteiger charge is -2.35. The zero-order chi connectivity index (χ0) is 23.8. The largest absolute Gasteiger partial charge is 0.338 e. The van der Waals surface area contributed by atoms with Crippen molar-refractivity contribution in [2.45, 2.75) is 12.5 Å². The highest BCUT2D eigenvalue weighted by molar-refractivity contribution is 7.12.